The lowest BCUT2D eigenvalue weighted by Gasteiger charge is -2.28. The van der Waals surface area contributed by atoms with Crippen LogP contribution in [0.15, 0.2) is 0 Å². The van der Waals surface area contributed by atoms with Crippen molar-refractivity contribution >= 4 is 15.9 Å². The molecule has 0 aliphatic heterocycles. The van der Waals surface area contributed by atoms with E-state index >= 15 is 0 Å². The first-order valence-corrected chi connectivity index (χ1v) is 7.58. The molecule has 1 aliphatic rings. The molecule has 16 heavy (non-hydrogen) atoms. The molecule has 3 atom stereocenters. The fraction of sp³-hybridized carbons (Fsp3) is 1.00. The van der Waals surface area contributed by atoms with E-state index in [9.17, 15) is 0 Å². The van der Waals surface area contributed by atoms with Gasteiger partial charge in [-0.1, -0.05) is 22.9 Å². The molecule has 0 spiro atoms. The summed E-state index contributed by atoms with van der Waals surface area (Å²) in [5, 5.41) is 1.10. The molecule has 0 aromatic rings. The van der Waals surface area contributed by atoms with E-state index in [1.165, 1.54) is 32.1 Å². The predicted molar refractivity (Wildman–Crippen MR) is 71.2 cm³/mol. The minimum atomic E-state index is 0.429. The molecular weight excluding hydrogens is 268 g/mol. The lowest BCUT2D eigenvalue weighted by molar-refractivity contribution is -0.0322. The summed E-state index contributed by atoms with van der Waals surface area (Å²) < 4.78 is 11.3. The lowest BCUT2D eigenvalue weighted by Crippen LogP contribution is -2.28. The molecule has 3 heteroatoms. The van der Waals surface area contributed by atoms with E-state index in [0.29, 0.717) is 12.2 Å². The third-order valence-electron chi connectivity index (χ3n) is 3.48. The number of rotatable bonds is 7. The molecule has 1 fully saturated rings. The van der Waals surface area contributed by atoms with Gasteiger partial charge in [-0.15, -0.1) is 0 Å². The van der Waals surface area contributed by atoms with Gasteiger partial charge in [-0.2, -0.15) is 0 Å². The SMILES string of the molecule is COC1CCCC(OCCC(C)CCBr)C1. The second-order valence-corrected chi connectivity index (χ2v) is 5.68. The number of hydrogen-bond acceptors (Lipinski definition) is 2. The van der Waals surface area contributed by atoms with E-state index in [0.717, 1.165) is 24.3 Å². The highest BCUT2D eigenvalue weighted by atomic mass is 79.9. The van der Waals surface area contributed by atoms with Gasteiger partial charge in [0.1, 0.15) is 0 Å². The molecule has 0 aromatic heterocycles. The maximum atomic E-state index is 5.94. The number of methoxy groups -OCH3 is 1. The first-order chi connectivity index (χ1) is 7.76. The van der Waals surface area contributed by atoms with Gasteiger partial charge in [0.2, 0.25) is 0 Å². The zero-order valence-corrected chi connectivity index (χ0v) is 12.2. The van der Waals surface area contributed by atoms with Crippen molar-refractivity contribution in [1.82, 2.24) is 0 Å². The average molecular weight is 293 g/mol. The summed E-state index contributed by atoms with van der Waals surface area (Å²) in [6, 6.07) is 0. The first-order valence-electron chi connectivity index (χ1n) is 6.46. The van der Waals surface area contributed by atoms with E-state index in [1.807, 2.05) is 7.11 Å². The summed E-state index contributed by atoms with van der Waals surface area (Å²) in [5.41, 5.74) is 0. The molecule has 0 saturated heterocycles. The summed E-state index contributed by atoms with van der Waals surface area (Å²) in [4.78, 5) is 0. The van der Waals surface area contributed by atoms with Crippen LogP contribution in [0.25, 0.3) is 0 Å². The van der Waals surface area contributed by atoms with Crippen LogP contribution in [0, 0.1) is 5.92 Å². The molecule has 2 nitrogen and oxygen atoms in total. The van der Waals surface area contributed by atoms with E-state index in [1.54, 1.807) is 0 Å². The largest absolute Gasteiger partial charge is 0.381 e. The van der Waals surface area contributed by atoms with Gasteiger partial charge in [0.25, 0.3) is 0 Å². The van der Waals surface area contributed by atoms with E-state index < -0.39 is 0 Å². The van der Waals surface area contributed by atoms with Crippen molar-refractivity contribution in [2.45, 2.75) is 57.7 Å². The Bertz CT molecular complexity index is 175. The summed E-state index contributed by atoms with van der Waals surface area (Å²) in [6.07, 6.45) is 8.05. The molecular formula is C13H25BrO2. The van der Waals surface area contributed by atoms with Crippen molar-refractivity contribution in [3.05, 3.63) is 0 Å². The van der Waals surface area contributed by atoms with Crippen LogP contribution in [0.4, 0.5) is 0 Å². The Hall–Kier alpha value is 0.400. The number of alkyl halides is 1. The van der Waals surface area contributed by atoms with Crippen LogP contribution >= 0.6 is 15.9 Å². The third-order valence-corrected chi connectivity index (χ3v) is 3.94. The maximum Gasteiger partial charge on any atom is 0.0599 e. The Morgan fingerprint density at radius 1 is 1.25 bits per heavy atom. The zero-order chi connectivity index (χ0) is 11.8. The van der Waals surface area contributed by atoms with Crippen LogP contribution in [0.5, 0.6) is 0 Å². The molecule has 1 rings (SSSR count). The topological polar surface area (TPSA) is 18.5 Å². The van der Waals surface area contributed by atoms with Crippen LogP contribution in [0.3, 0.4) is 0 Å². The van der Waals surface area contributed by atoms with Crippen LogP contribution in [-0.2, 0) is 9.47 Å². The number of halogens is 1. The van der Waals surface area contributed by atoms with Crippen LogP contribution in [-0.4, -0.2) is 31.3 Å². The fourth-order valence-corrected chi connectivity index (χ4v) is 3.02. The molecule has 0 bridgehead atoms. The number of ether oxygens (including phenoxy) is 2. The Balaban J connectivity index is 2.08. The number of hydrogen-bond donors (Lipinski definition) is 0. The third kappa shape index (κ3) is 5.65. The normalized spacial score (nSPS) is 27.9. The quantitative estimate of drug-likeness (QED) is 0.665. The molecule has 1 aliphatic carbocycles. The minimum absolute atomic E-state index is 0.429. The minimum Gasteiger partial charge on any atom is -0.381 e. The molecule has 0 heterocycles. The summed E-state index contributed by atoms with van der Waals surface area (Å²) in [7, 11) is 1.81. The first kappa shape index (κ1) is 14.5. The van der Waals surface area contributed by atoms with E-state index in [-0.39, 0.29) is 0 Å². The summed E-state index contributed by atoms with van der Waals surface area (Å²) >= 11 is 3.48. The molecule has 0 amide bonds. The fourth-order valence-electron chi connectivity index (χ4n) is 2.23. The Morgan fingerprint density at radius 3 is 2.69 bits per heavy atom. The van der Waals surface area contributed by atoms with Gasteiger partial charge in [0.15, 0.2) is 0 Å². The van der Waals surface area contributed by atoms with Gasteiger partial charge < -0.3 is 9.47 Å². The van der Waals surface area contributed by atoms with Crippen molar-refractivity contribution in [3.8, 4) is 0 Å². The lowest BCUT2D eigenvalue weighted by atomic mass is 9.95. The highest BCUT2D eigenvalue weighted by molar-refractivity contribution is 9.09. The Labute approximate surface area is 108 Å². The van der Waals surface area contributed by atoms with Gasteiger partial charge in [-0.3, -0.25) is 0 Å². The van der Waals surface area contributed by atoms with E-state index in [4.69, 9.17) is 9.47 Å². The van der Waals surface area contributed by atoms with Crippen molar-refractivity contribution in [3.63, 3.8) is 0 Å². The molecule has 0 N–H and O–H groups in total. The molecule has 3 unspecified atom stereocenters. The van der Waals surface area contributed by atoms with Gasteiger partial charge in [-0.05, 0) is 44.4 Å². The molecule has 96 valence electrons. The second kappa shape index (κ2) is 8.48. The molecule has 1 saturated carbocycles. The predicted octanol–water partition coefficient (Wildman–Crippen LogP) is 3.77. The standard InChI is InChI=1S/C13H25BrO2/c1-11(6-8-14)7-9-16-13-5-3-4-12(10-13)15-2/h11-13H,3-10H2,1-2H3. The monoisotopic (exact) mass is 292 g/mol. The summed E-state index contributed by atoms with van der Waals surface area (Å²) in [6.45, 7) is 3.21. The van der Waals surface area contributed by atoms with E-state index in [2.05, 4.69) is 22.9 Å². The Morgan fingerprint density at radius 2 is 2.00 bits per heavy atom. The average Bonchev–Trinajstić information content (AvgIpc) is 2.30. The van der Waals surface area contributed by atoms with Gasteiger partial charge in [0.05, 0.1) is 12.2 Å². The highest BCUT2D eigenvalue weighted by Gasteiger charge is 2.21. The maximum absolute atomic E-state index is 5.94. The van der Waals surface area contributed by atoms with Crippen molar-refractivity contribution in [2.75, 3.05) is 19.0 Å². The van der Waals surface area contributed by atoms with Crippen LogP contribution in [0.2, 0.25) is 0 Å². The van der Waals surface area contributed by atoms with Crippen molar-refractivity contribution < 1.29 is 9.47 Å². The van der Waals surface area contributed by atoms with Crippen molar-refractivity contribution in [1.29, 1.82) is 0 Å². The summed E-state index contributed by atoms with van der Waals surface area (Å²) in [5.74, 6) is 0.765. The molecule has 0 radical (unpaired) electrons. The van der Waals surface area contributed by atoms with Crippen LogP contribution in [0.1, 0.15) is 45.4 Å². The Kier molecular flexibility index (Phi) is 7.67. The molecule has 0 aromatic carbocycles. The highest BCUT2D eigenvalue weighted by Crippen LogP contribution is 2.23. The zero-order valence-electron chi connectivity index (χ0n) is 10.6. The van der Waals surface area contributed by atoms with Crippen LogP contribution < -0.4 is 0 Å². The van der Waals surface area contributed by atoms with Gasteiger partial charge in [-0.25, -0.2) is 0 Å². The second-order valence-electron chi connectivity index (χ2n) is 4.89. The van der Waals surface area contributed by atoms with Gasteiger partial charge in [0, 0.05) is 19.0 Å². The van der Waals surface area contributed by atoms with Crippen molar-refractivity contribution in [2.24, 2.45) is 5.92 Å². The smallest absolute Gasteiger partial charge is 0.0599 e. The van der Waals surface area contributed by atoms with Gasteiger partial charge >= 0.3 is 0 Å².